The predicted molar refractivity (Wildman–Crippen MR) is 129 cm³/mol. The van der Waals surface area contributed by atoms with Crippen LogP contribution in [-0.2, 0) is 24.0 Å². The average Bonchev–Trinajstić information content (AvgIpc) is 3.32. The largest absolute Gasteiger partial charge is 0.480 e. The minimum Gasteiger partial charge on any atom is -0.480 e. The van der Waals surface area contributed by atoms with Crippen molar-refractivity contribution in [3.8, 4) is 0 Å². The molecule has 35 heavy (non-hydrogen) atoms. The van der Waals surface area contributed by atoms with Gasteiger partial charge in [-0.2, -0.15) is 0 Å². The quantitative estimate of drug-likeness (QED) is 0.114. The minimum absolute atomic E-state index is 0.239. The van der Waals surface area contributed by atoms with E-state index in [9.17, 15) is 29.1 Å². The molecule has 0 unspecified atom stereocenters. The molecule has 1 rings (SSSR count). The first kappa shape index (κ1) is 30.3. The fraction of sp³-hybridized carbons (Fsp3) is 0.773. The third kappa shape index (κ3) is 10.2. The summed E-state index contributed by atoms with van der Waals surface area (Å²) in [6, 6.07) is -3.72. The fourth-order valence-corrected chi connectivity index (χ4v) is 3.93. The van der Waals surface area contributed by atoms with Gasteiger partial charge in [0.1, 0.15) is 24.2 Å². The Morgan fingerprint density at radius 3 is 2.06 bits per heavy atom. The lowest BCUT2D eigenvalue weighted by molar-refractivity contribution is -0.145. The van der Waals surface area contributed by atoms with E-state index >= 15 is 0 Å². The Morgan fingerprint density at radius 2 is 1.51 bits per heavy atom. The topological polar surface area (TPSA) is 223 Å². The van der Waals surface area contributed by atoms with E-state index in [0.717, 1.165) is 0 Å². The van der Waals surface area contributed by atoms with E-state index in [1.54, 1.807) is 0 Å². The molecule has 1 heterocycles. The van der Waals surface area contributed by atoms with E-state index in [0.29, 0.717) is 64.6 Å². The zero-order chi connectivity index (χ0) is 26.4. The van der Waals surface area contributed by atoms with Crippen molar-refractivity contribution in [1.82, 2.24) is 20.9 Å². The number of nitrogens with one attached hydrogen (secondary N) is 3. The van der Waals surface area contributed by atoms with Gasteiger partial charge in [-0.15, -0.1) is 0 Å². The first-order valence-electron chi connectivity index (χ1n) is 12.2. The van der Waals surface area contributed by atoms with Crippen molar-refractivity contribution in [2.75, 3.05) is 26.2 Å². The summed E-state index contributed by atoms with van der Waals surface area (Å²) in [5.74, 6) is -3.17. The third-order valence-corrected chi connectivity index (χ3v) is 5.92. The van der Waals surface area contributed by atoms with Crippen molar-refractivity contribution in [3.63, 3.8) is 0 Å². The van der Waals surface area contributed by atoms with Crippen LogP contribution < -0.4 is 33.2 Å². The van der Waals surface area contributed by atoms with E-state index in [1.165, 1.54) is 11.8 Å². The molecule has 0 bridgehead atoms. The molecule has 0 radical (unpaired) electrons. The van der Waals surface area contributed by atoms with Crippen LogP contribution in [0.15, 0.2) is 0 Å². The second-order valence-electron chi connectivity index (χ2n) is 8.71. The summed E-state index contributed by atoms with van der Waals surface area (Å²) in [5.41, 5.74) is 16.3. The monoisotopic (exact) mass is 499 g/mol. The van der Waals surface area contributed by atoms with Gasteiger partial charge in [0.05, 0.1) is 6.54 Å². The van der Waals surface area contributed by atoms with Crippen LogP contribution in [-0.4, -0.2) is 90.0 Å². The predicted octanol–water partition coefficient (Wildman–Crippen LogP) is -2.25. The molecule has 13 nitrogen and oxygen atoms in total. The highest BCUT2D eigenvalue weighted by molar-refractivity contribution is 5.95. The molecule has 0 aliphatic carbocycles. The molecule has 4 amide bonds. The SMILES string of the molecule is C[C@H](NC(=O)CN)C(=O)N[C@@H](CCCCN)C(=O)N1CCC[C@H]1C(=O)N[C@@H](CCCCN)C(=O)O. The van der Waals surface area contributed by atoms with Crippen molar-refractivity contribution >= 4 is 29.6 Å². The van der Waals surface area contributed by atoms with Crippen molar-refractivity contribution in [2.24, 2.45) is 17.2 Å². The first-order chi connectivity index (χ1) is 16.7. The summed E-state index contributed by atoms with van der Waals surface area (Å²) in [6.07, 6.45) is 3.91. The van der Waals surface area contributed by atoms with Crippen LogP contribution in [0.2, 0.25) is 0 Å². The molecule has 0 saturated carbocycles. The second kappa shape index (κ2) is 16.0. The molecule has 1 fully saturated rings. The van der Waals surface area contributed by atoms with E-state index in [1.807, 2.05) is 0 Å². The lowest BCUT2D eigenvalue weighted by Gasteiger charge is -2.30. The van der Waals surface area contributed by atoms with Crippen LogP contribution in [0.4, 0.5) is 0 Å². The maximum Gasteiger partial charge on any atom is 0.326 e. The van der Waals surface area contributed by atoms with Gasteiger partial charge in [0.15, 0.2) is 0 Å². The number of carbonyl (C=O) groups is 5. The van der Waals surface area contributed by atoms with Gasteiger partial charge in [-0.25, -0.2) is 4.79 Å². The van der Waals surface area contributed by atoms with Crippen LogP contribution >= 0.6 is 0 Å². The number of carboxylic acid groups (broad SMARTS) is 1. The summed E-state index contributed by atoms with van der Waals surface area (Å²) >= 11 is 0. The minimum atomic E-state index is -1.15. The van der Waals surface area contributed by atoms with Gasteiger partial charge in [-0.05, 0) is 71.4 Å². The van der Waals surface area contributed by atoms with Crippen LogP contribution in [0.5, 0.6) is 0 Å². The summed E-state index contributed by atoms with van der Waals surface area (Å²) in [5, 5.41) is 17.1. The maximum absolute atomic E-state index is 13.4. The highest BCUT2D eigenvalue weighted by atomic mass is 16.4. The number of carboxylic acids is 1. The molecule has 1 aliphatic rings. The van der Waals surface area contributed by atoms with Crippen LogP contribution in [0.25, 0.3) is 0 Å². The van der Waals surface area contributed by atoms with Crippen molar-refractivity contribution in [2.45, 2.75) is 82.5 Å². The van der Waals surface area contributed by atoms with E-state index < -0.39 is 53.8 Å². The van der Waals surface area contributed by atoms with Crippen LogP contribution in [0.3, 0.4) is 0 Å². The second-order valence-corrected chi connectivity index (χ2v) is 8.71. The molecule has 13 heteroatoms. The Kier molecular flexibility index (Phi) is 13.8. The number of hydrogen-bond acceptors (Lipinski definition) is 8. The highest BCUT2D eigenvalue weighted by Gasteiger charge is 2.39. The lowest BCUT2D eigenvalue weighted by atomic mass is 10.1. The normalized spacial score (nSPS) is 17.8. The Hall–Kier alpha value is -2.77. The number of likely N-dealkylation sites (tertiary alicyclic amines) is 1. The number of amides is 4. The van der Waals surface area contributed by atoms with E-state index in [-0.39, 0.29) is 13.0 Å². The van der Waals surface area contributed by atoms with Crippen LogP contribution in [0, 0.1) is 0 Å². The van der Waals surface area contributed by atoms with Gasteiger partial charge in [0, 0.05) is 6.54 Å². The summed E-state index contributed by atoms with van der Waals surface area (Å²) in [7, 11) is 0. The fourth-order valence-electron chi connectivity index (χ4n) is 3.93. The Bertz CT molecular complexity index is 735. The number of nitrogens with zero attached hydrogens (tertiary/aromatic N) is 1. The molecule has 0 aromatic rings. The van der Waals surface area contributed by atoms with Gasteiger partial charge < -0.3 is 43.2 Å². The number of rotatable bonds is 16. The zero-order valence-electron chi connectivity index (χ0n) is 20.5. The van der Waals surface area contributed by atoms with Crippen molar-refractivity contribution < 1.29 is 29.1 Å². The third-order valence-electron chi connectivity index (χ3n) is 5.92. The Balaban J connectivity index is 2.91. The van der Waals surface area contributed by atoms with Crippen molar-refractivity contribution in [3.05, 3.63) is 0 Å². The molecule has 200 valence electrons. The number of carbonyl (C=O) groups excluding carboxylic acids is 4. The Labute approximate surface area is 205 Å². The average molecular weight is 500 g/mol. The molecule has 10 N–H and O–H groups in total. The van der Waals surface area contributed by atoms with Gasteiger partial charge in [-0.3, -0.25) is 19.2 Å². The molecule has 4 atom stereocenters. The molecular formula is C22H41N7O6. The van der Waals surface area contributed by atoms with Gasteiger partial charge >= 0.3 is 5.97 Å². The molecule has 1 aliphatic heterocycles. The maximum atomic E-state index is 13.4. The summed E-state index contributed by atoms with van der Waals surface area (Å²) < 4.78 is 0. The summed E-state index contributed by atoms with van der Waals surface area (Å²) in [4.78, 5) is 63.4. The molecular weight excluding hydrogens is 458 g/mol. The number of aliphatic carboxylic acids is 1. The van der Waals surface area contributed by atoms with Crippen molar-refractivity contribution in [1.29, 1.82) is 0 Å². The lowest BCUT2D eigenvalue weighted by Crippen LogP contribution is -2.57. The van der Waals surface area contributed by atoms with Gasteiger partial charge in [0.2, 0.25) is 23.6 Å². The van der Waals surface area contributed by atoms with E-state index in [2.05, 4.69) is 16.0 Å². The summed E-state index contributed by atoms with van der Waals surface area (Å²) in [6.45, 7) is 2.37. The molecule has 0 aromatic carbocycles. The number of hydrogen-bond donors (Lipinski definition) is 7. The van der Waals surface area contributed by atoms with Gasteiger partial charge in [0.25, 0.3) is 0 Å². The molecule has 1 saturated heterocycles. The number of nitrogens with two attached hydrogens (primary N) is 3. The van der Waals surface area contributed by atoms with E-state index in [4.69, 9.17) is 17.2 Å². The highest BCUT2D eigenvalue weighted by Crippen LogP contribution is 2.20. The molecule has 0 spiro atoms. The van der Waals surface area contributed by atoms with Crippen LogP contribution in [0.1, 0.15) is 58.3 Å². The molecule has 0 aromatic heterocycles. The number of unbranched alkanes of at least 4 members (excludes halogenated alkanes) is 2. The van der Waals surface area contributed by atoms with Gasteiger partial charge in [-0.1, -0.05) is 0 Å². The smallest absolute Gasteiger partial charge is 0.326 e. The first-order valence-corrected chi connectivity index (χ1v) is 12.2. The zero-order valence-corrected chi connectivity index (χ0v) is 20.5. The standard InChI is InChI=1S/C22H41N7O6/c1-14(26-18(30)13-25)19(31)27-15(7-2-4-10-23)21(33)29-12-6-9-17(29)20(32)28-16(22(34)35)8-3-5-11-24/h14-17H,2-13,23-25H2,1H3,(H,26,30)(H,27,31)(H,28,32)(H,34,35)/t14-,15-,16-,17-/m0/s1. The Morgan fingerprint density at radius 1 is 0.914 bits per heavy atom.